The smallest absolute Gasteiger partial charge is 0.0908 e. The van der Waals surface area contributed by atoms with Gasteiger partial charge in [-0.05, 0) is 11.1 Å². The minimum atomic E-state index is -0.831. The van der Waals surface area contributed by atoms with Crippen LogP contribution in [0.3, 0.4) is 0 Å². The van der Waals surface area contributed by atoms with Crippen molar-refractivity contribution < 1.29 is 0 Å². The Kier molecular flexibility index (Phi) is 2.50. The molecular weight excluding hydrogens is 251 g/mol. The van der Waals surface area contributed by atoms with E-state index in [0.29, 0.717) is 0 Å². The molecule has 0 nitrogen and oxygen atoms in total. The molecule has 1 aliphatic rings. The minimum Gasteiger partial charge on any atom is -0.0908 e. The summed E-state index contributed by atoms with van der Waals surface area (Å²) in [5.41, 5.74) is 4.23. The molecule has 0 aromatic heterocycles. The molecule has 0 spiro atoms. The van der Waals surface area contributed by atoms with Crippen molar-refractivity contribution >= 4 is 34.3 Å². The Morgan fingerprint density at radius 1 is 0.588 bits per heavy atom. The average Bonchev–Trinajstić information content (AvgIpc) is 2.94. The summed E-state index contributed by atoms with van der Waals surface area (Å²) >= 11 is 12.7. The molecule has 0 saturated heterocycles. The Morgan fingerprint density at radius 2 is 0.941 bits per heavy atom. The summed E-state index contributed by atoms with van der Waals surface area (Å²) < 4.78 is -0.831. The number of hydrogen-bond donors (Lipinski definition) is 0. The molecule has 0 bridgehead atoms. The van der Waals surface area contributed by atoms with Gasteiger partial charge in [-0.15, -0.1) is 0 Å². The molecule has 17 heavy (non-hydrogen) atoms. The van der Waals surface area contributed by atoms with E-state index in [9.17, 15) is 0 Å². The first kappa shape index (κ1) is 10.9. The number of allylic oxidation sites excluding steroid dienone is 2. The largest absolute Gasteiger partial charge is 0.170 e. The number of halogens is 2. The third-order valence-electron chi connectivity index (χ3n) is 2.94. The van der Waals surface area contributed by atoms with Crippen molar-refractivity contribution in [3.05, 3.63) is 71.8 Å². The fourth-order valence-electron chi connectivity index (χ4n) is 2.10. The highest BCUT2D eigenvalue weighted by molar-refractivity contribution is 6.68. The van der Waals surface area contributed by atoms with Gasteiger partial charge in [0, 0.05) is 11.1 Å². The van der Waals surface area contributed by atoms with E-state index in [2.05, 4.69) is 0 Å². The lowest BCUT2D eigenvalue weighted by Gasteiger charge is -2.00. The first-order chi connectivity index (χ1) is 8.21. The van der Waals surface area contributed by atoms with E-state index >= 15 is 0 Å². The first-order valence-electron chi connectivity index (χ1n) is 5.45. The van der Waals surface area contributed by atoms with Crippen molar-refractivity contribution in [2.45, 2.75) is 4.33 Å². The van der Waals surface area contributed by atoms with Gasteiger partial charge in [0.2, 0.25) is 0 Å². The van der Waals surface area contributed by atoms with E-state index in [0.717, 1.165) is 22.3 Å². The molecule has 2 aromatic rings. The average molecular weight is 261 g/mol. The first-order valence-corrected chi connectivity index (χ1v) is 6.21. The fourth-order valence-corrected chi connectivity index (χ4v) is 2.82. The van der Waals surface area contributed by atoms with Crippen LogP contribution >= 0.6 is 23.2 Å². The second-order valence-electron chi connectivity index (χ2n) is 4.06. The normalized spacial score (nSPS) is 17.1. The van der Waals surface area contributed by atoms with Gasteiger partial charge >= 0.3 is 0 Å². The van der Waals surface area contributed by atoms with Gasteiger partial charge in [0.15, 0.2) is 4.33 Å². The predicted molar refractivity (Wildman–Crippen MR) is 74.1 cm³/mol. The number of benzene rings is 2. The van der Waals surface area contributed by atoms with Crippen molar-refractivity contribution in [3.63, 3.8) is 0 Å². The van der Waals surface area contributed by atoms with E-state index in [-0.39, 0.29) is 0 Å². The van der Waals surface area contributed by atoms with Gasteiger partial charge in [-0.2, -0.15) is 0 Å². The van der Waals surface area contributed by atoms with Crippen LogP contribution in [-0.2, 0) is 0 Å². The van der Waals surface area contributed by atoms with Crippen LogP contribution in [0.15, 0.2) is 60.7 Å². The molecule has 2 aromatic carbocycles. The van der Waals surface area contributed by atoms with Crippen LogP contribution in [-0.4, -0.2) is 4.33 Å². The topological polar surface area (TPSA) is 0 Å². The Morgan fingerprint density at radius 3 is 1.29 bits per heavy atom. The van der Waals surface area contributed by atoms with Crippen molar-refractivity contribution in [1.29, 1.82) is 0 Å². The lowest BCUT2D eigenvalue weighted by molar-refractivity contribution is 1.48. The van der Waals surface area contributed by atoms with Crippen LogP contribution in [0.4, 0.5) is 0 Å². The zero-order valence-electron chi connectivity index (χ0n) is 9.03. The van der Waals surface area contributed by atoms with Gasteiger partial charge in [-0.3, -0.25) is 0 Å². The monoisotopic (exact) mass is 260 g/mol. The summed E-state index contributed by atoms with van der Waals surface area (Å²) in [7, 11) is 0. The summed E-state index contributed by atoms with van der Waals surface area (Å²) in [6, 6.07) is 20.1. The van der Waals surface area contributed by atoms with Crippen LogP contribution in [0.5, 0.6) is 0 Å². The van der Waals surface area contributed by atoms with E-state index in [4.69, 9.17) is 23.2 Å². The SMILES string of the molecule is ClC1(Cl)C(c2ccccc2)=C1c1ccccc1. The summed E-state index contributed by atoms with van der Waals surface area (Å²) in [5, 5.41) is 0. The molecule has 3 rings (SSSR count). The maximum absolute atomic E-state index is 6.33. The summed E-state index contributed by atoms with van der Waals surface area (Å²) in [4.78, 5) is 0. The van der Waals surface area contributed by atoms with Crippen LogP contribution in [0, 0.1) is 0 Å². The van der Waals surface area contributed by atoms with E-state index in [1.807, 2.05) is 60.7 Å². The van der Waals surface area contributed by atoms with Gasteiger partial charge in [0.05, 0.1) is 0 Å². The van der Waals surface area contributed by atoms with Crippen molar-refractivity contribution in [2.75, 3.05) is 0 Å². The summed E-state index contributed by atoms with van der Waals surface area (Å²) in [6.07, 6.45) is 0. The van der Waals surface area contributed by atoms with Crippen molar-refractivity contribution in [3.8, 4) is 0 Å². The van der Waals surface area contributed by atoms with Gasteiger partial charge < -0.3 is 0 Å². The maximum atomic E-state index is 6.33. The Balaban J connectivity index is 2.08. The second kappa shape index (κ2) is 3.90. The Hall–Kier alpha value is -1.24. The maximum Gasteiger partial charge on any atom is 0.170 e. The van der Waals surface area contributed by atoms with Crippen molar-refractivity contribution in [2.24, 2.45) is 0 Å². The lowest BCUT2D eigenvalue weighted by Crippen LogP contribution is -1.93. The van der Waals surface area contributed by atoms with E-state index in [1.54, 1.807) is 0 Å². The van der Waals surface area contributed by atoms with Gasteiger partial charge in [-0.1, -0.05) is 83.9 Å². The number of alkyl halides is 2. The van der Waals surface area contributed by atoms with Crippen LogP contribution in [0.1, 0.15) is 11.1 Å². The third-order valence-corrected chi connectivity index (χ3v) is 3.70. The molecule has 2 heteroatoms. The highest BCUT2D eigenvalue weighted by Crippen LogP contribution is 2.63. The van der Waals surface area contributed by atoms with Crippen LogP contribution in [0.2, 0.25) is 0 Å². The highest BCUT2D eigenvalue weighted by atomic mass is 35.5. The van der Waals surface area contributed by atoms with Crippen LogP contribution in [0.25, 0.3) is 11.1 Å². The lowest BCUT2D eigenvalue weighted by atomic mass is 10.1. The molecule has 0 aliphatic heterocycles. The standard InChI is InChI=1S/C15H10Cl2/c16-15(17)13(11-7-3-1-4-8-11)14(15)12-9-5-2-6-10-12/h1-10H. The molecule has 1 aliphatic carbocycles. The molecule has 0 radical (unpaired) electrons. The zero-order chi connectivity index (χ0) is 11.9. The van der Waals surface area contributed by atoms with Crippen molar-refractivity contribution in [1.82, 2.24) is 0 Å². The Bertz CT molecular complexity index is 517. The molecular formula is C15H10Cl2. The molecule has 0 amide bonds. The zero-order valence-corrected chi connectivity index (χ0v) is 10.5. The molecule has 0 unspecified atom stereocenters. The fraction of sp³-hybridized carbons (Fsp3) is 0.0667. The molecule has 0 atom stereocenters. The molecule has 0 fully saturated rings. The summed E-state index contributed by atoms with van der Waals surface area (Å²) in [6.45, 7) is 0. The predicted octanol–water partition coefficient (Wildman–Crippen LogP) is 4.78. The van der Waals surface area contributed by atoms with E-state index < -0.39 is 4.33 Å². The number of hydrogen-bond acceptors (Lipinski definition) is 0. The quantitative estimate of drug-likeness (QED) is 0.682. The molecule has 84 valence electrons. The highest BCUT2D eigenvalue weighted by Gasteiger charge is 2.51. The summed E-state index contributed by atoms with van der Waals surface area (Å²) in [5.74, 6) is 0. The molecule has 0 saturated carbocycles. The number of rotatable bonds is 2. The second-order valence-corrected chi connectivity index (χ2v) is 5.38. The van der Waals surface area contributed by atoms with Gasteiger partial charge in [-0.25, -0.2) is 0 Å². The van der Waals surface area contributed by atoms with Gasteiger partial charge in [0.25, 0.3) is 0 Å². The Labute approximate surface area is 110 Å². The minimum absolute atomic E-state index is 0.831. The molecule has 0 heterocycles. The third kappa shape index (κ3) is 1.78. The van der Waals surface area contributed by atoms with E-state index in [1.165, 1.54) is 0 Å². The van der Waals surface area contributed by atoms with Gasteiger partial charge in [0.1, 0.15) is 0 Å². The van der Waals surface area contributed by atoms with Crippen LogP contribution < -0.4 is 0 Å². The molecule has 0 N–H and O–H groups in total.